The van der Waals surface area contributed by atoms with E-state index in [4.69, 9.17) is 4.52 Å². The van der Waals surface area contributed by atoms with E-state index in [0.717, 1.165) is 25.2 Å². The highest BCUT2D eigenvalue weighted by molar-refractivity contribution is 5.54. The van der Waals surface area contributed by atoms with Gasteiger partial charge in [0.05, 0.1) is 0 Å². The topological polar surface area (TPSA) is 29.3 Å². The first-order valence-electron chi connectivity index (χ1n) is 7.94. The van der Waals surface area contributed by atoms with Gasteiger partial charge in [-0.25, -0.2) is 0 Å². The molecule has 0 aliphatic heterocycles. The quantitative estimate of drug-likeness (QED) is 0.839. The Morgan fingerprint density at radius 2 is 2.05 bits per heavy atom. The highest BCUT2D eigenvalue weighted by Crippen LogP contribution is 2.46. The molecule has 1 aromatic carbocycles. The second-order valence-electron chi connectivity index (χ2n) is 6.00. The average molecular weight is 284 g/mol. The molecule has 21 heavy (non-hydrogen) atoms. The molecule has 1 heterocycles. The Hall–Kier alpha value is -1.77. The van der Waals surface area contributed by atoms with Crippen LogP contribution in [0.4, 0.5) is 5.69 Å². The molecule has 0 spiro atoms. The number of hydrogen-bond acceptors (Lipinski definition) is 3. The third-order valence-electron chi connectivity index (χ3n) is 4.95. The Morgan fingerprint density at radius 1 is 1.29 bits per heavy atom. The van der Waals surface area contributed by atoms with Crippen molar-refractivity contribution in [3.8, 4) is 0 Å². The summed E-state index contributed by atoms with van der Waals surface area (Å²) < 4.78 is 5.33. The van der Waals surface area contributed by atoms with Gasteiger partial charge in [-0.2, -0.15) is 0 Å². The molecule has 0 saturated heterocycles. The first-order chi connectivity index (χ1) is 10.2. The summed E-state index contributed by atoms with van der Waals surface area (Å²) in [5.41, 5.74) is 6.68. The fourth-order valence-electron chi connectivity index (χ4n) is 3.82. The molecule has 0 fully saturated rings. The van der Waals surface area contributed by atoms with Gasteiger partial charge in [0.1, 0.15) is 17.6 Å². The molecule has 0 saturated carbocycles. The van der Waals surface area contributed by atoms with Crippen LogP contribution in [0.2, 0.25) is 0 Å². The van der Waals surface area contributed by atoms with Crippen LogP contribution >= 0.6 is 0 Å². The van der Waals surface area contributed by atoms with Gasteiger partial charge in [-0.3, -0.25) is 0 Å². The molecule has 3 heteroatoms. The summed E-state index contributed by atoms with van der Waals surface area (Å²) in [6.45, 7) is 10.9. The predicted octanol–water partition coefficient (Wildman–Crippen LogP) is 4.27. The van der Waals surface area contributed by atoms with Crippen LogP contribution in [-0.2, 0) is 6.42 Å². The molecular weight excluding hydrogens is 260 g/mol. The Balaban J connectivity index is 1.98. The standard InChI is InChI=1S/C18H24N2O/c1-5-20(6-2)16-11-21-19-18(16)15-10-14-9-7-8-12(3)17(14)13(15)4/h7-9,11,13,15H,5-6,10H2,1-4H3. The van der Waals surface area contributed by atoms with Gasteiger partial charge in [0.15, 0.2) is 0 Å². The van der Waals surface area contributed by atoms with Crippen molar-refractivity contribution in [2.45, 2.75) is 46.0 Å². The van der Waals surface area contributed by atoms with Crippen molar-refractivity contribution in [1.82, 2.24) is 5.16 Å². The van der Waals surface area contributed by atoms with E-state index in [0.29, 0.717) is 11.8 Å². The van der Waals surface area contributed by atoms with Gasteiger partial charge in [-0.05, 0) is 49.8 Å². The van der Waals surface area contributed by atoms with Gasteiger partial charge in [-0.1, -0.05) is 30.3 Å². The van der Waals surface area contributed by atoms with Gasteiger partial charge in [0.2, 0.25) is 0 Å². The van der Waals surface area contributed by atoms with Crippen LogP contribution in [0.5, 0.6) is 0 Å². The normalized spacial score (nSPS) is 20.6. The third kappa shape index (κ3) is 2.25. The lowest BCUT2D eigenvalue weighted by molar-refractivity contribution is 0.401. The maximum Gasteiger partial charge on any atom is 0.147 e. The minimum absolute atomic E-state index is 0.426. The zero-order valence-electron chi connectivity index (χ0n) is 13.4. The average Bonchev–Trinajstić information content (AvgIpc) is 3.06. The van der Waals surface area contributed by atoms with Crippen LogP contribution < -0.4 is 4.90 Å². The van der Waals surface area contributed by atoms with Crippen LogP contribution in [-0.4, -0.2) is 18.2 Å². The van der Waals surface area contributed by atoms with Gasteiger partial charge in [0.25, 0.3) is 0 Å². The second-order valence-corrected chi connectivity index (χ2v) is 6.00. The molecular formula is C18H24N2O. The molecule has 2 aromatic rings. The highest BCUT2D eigenvalue weighted by Gasteiger charge is 2.35. The highest BCUT2D eigenvalue weighted by atomic mass is 16.5. The van der Waals surface area contributed by atoms with E-state index in [-0.39, 0.29) is 0 Å². The first kappa shape index (κ1) is 14.2. The lowest BCUT2D eigenvalue weighted by Gasteiger charge is -2.23. The van der Waals surface area contributed by atoms with E-state index in [1.807, 2.05) is 6.26 Å². The first-order valence-corrected chi connectivity index (χ1v) is 7.94. The molecule has 0 bridgehead atoms. The van der Waals surface area contributed by atoms with Gasteiger partial charge in [-0.15, -0.1) is 0 Å². The van der Waals surface area contributed by atoms with E-state index >= 15 is 0 Å². The summed E-state index contributed by atoms with van der Waals surface area (Å²) in [5.74, 6) is 0.927. The Bertz CT molecular complexity index is 628. The van der Waals surface area contributed by atoms with Gasteiger partial charge < -0.3 is 9.42 Å². The van der Waals surface area contributed by atoms with Gasteiger partial charge in [0, 0.05) is 19.0 Å². The summed E-state index contributed by atoms with van der Waals surface area (Å²) in [6.07, 6.45) is 2.88. The molecule has 1 aromatic heterocycles. The smallest absolute Gasteiger partial charge is 0.147 e. The van der Waals surface area contributed by atoms with Crippen molar-refractivity contribution in [3.63, 3.8) is 0 Å². The van der Waals surface area contributed by atoms with Crippen molar-refractivity contribution in [3.05, 3.63) is 46.8 Å². The third-order valence-corrected chi connectivity index (χ3v) is 4.95. The van der Waals surface area contributed by atoms with Crippen LogP contribution in [0.1, 0.15) is 55.0 Å². The van der Waals surface area contributed by atoms with Crippen LogP contribution in [0.15, 0.2) is 29.0 Å². The maximum absolute atomic E-state index is 5.33. The molecule has 1 aliphatic carbocycles. The predicted molar refractivity (Wildman–Crippen MR) is 86.1 cm³/mol. The SMILES string of the molecule is CCN(CC)c1conc1C1Cc2cccc(C)c2C1C. The molecule has 0 radical (unpaired) electrons. The number of rotatable bonds is 4. The molecule has 1 aliphatic rings. The number of benzene rings is 1. The number of aryl methyl sites for hydroxylation is 1. The Morgan fingerprint density at radius 3 is 2.71 bits per heavy atom. The number of nitrogens with zero attached hydrogens (tertiary/aromatic N) is 2. The number of aromatic nitrogens is 1. The fraction of sp³-hybridized carbons (Fsp3) is 0.500. The fourth-order valence-corrected chi connectivity index (χ4v) is 3.82. The zero-order chi connectivity index (χ0) is 15.0. The summed E-state index contributed by atoms with van der Waals surface area (Å²) in [4.78, 5) is 2.33. The van der Waals surface area contributed by atoms with E-state index in [2.05, 4.69) is 56.0 Å². The molecule has 2 unspecified atom stereocenters. The molecule has 0 amide bonds. The number of anilines is 1. The number of hydrogen-bond donors (Lipinski definition) is 0. The molecule has 3 nitrogen and oxygen atoms in total. The lowest BCUT2D eigenvalue weighted by atomic mass is 9.89. The van der Waals surface area contributed by atoms with Crippen molar-refractivity contribution in [2.75, 3.05) is 18.0 Å². The van der Waals surface area contributed by atoms with E-state index < -0.39 is 0 Å². The van der Waals surface area contributed by atoms with E-state index in [9.17, 15) is 0 Å². The van der Waals surface area contributed by atoms with Crippen molar-refractivity contribution in [1.29, 1.82) is 0 Å². The minimum Gasteiger partial charge on any atom is -0.368 e. The van der Waals surface area contributed by atoms with Crippen LogP contribution in [0.25, 0.3) is 0 Å². The summed E-state index contributed by atoms with van der Waals surface area (Å²) in [7, 11) is 0. The van der Waals surface area contributed by atoms with Crippen molar-refractivity contribution >= 4 is 5.69 Å². The summed E-state index contributed by atoms with van der Waals surface area (Å²) >= 11 is 0. The molecule has 112 valence electrons. The Labute approximate surface area is 126 Å². The van der Waals surface area contributed by atoms with Crippen molar-refractivity contribution in [2.24, 2.45) is 0 Å². The lowest BCUT2D eigenvalue weighted by Crippen LogP contribution is -2.23. The summed E-state index contributed by atoms with van der Waals surface area (Å²) in [6, 6.07) is 6.64. The molecule has 0 N–H and O–H groups in total. The number of fused-ring (bicyclic) bond motifs is 1. The van der Waals surface area contributed by atoms with Crippen LogP contribution in [0, 0.1) is 6.92 Å². The zero-order valence-corrected chi connectivity index (χ0v) is 13.4. The van der Waals surface area contributed by atoms with Crippen LogP contribution in [0.3, 0.4) is 0 Å². The van der Waals surface area contributed by atoms with Gasteiger partial charge >= 0.3 is 0 Å². The second kappa shape index (κ2) is 5.55. The Kier molecular flexibility index (Phi) is 3.75. The molecule has 3 rings (SSSR count). The summed E-state index contributed by atoms with van der Waals surface area (Å²) in [5, 5.41) is 4.36. The largest absolute Gasteiger partial charge is 0.368 e. The monoisotopic (exact) mass is 284 g/mol. The maximum atomic E-state index is 5.33. The molecule has 2 atom stereocenters. The van der Waals surface area contributed by atoms with Crippen molar-refractivity contribution < 1.29 is 4.52 Å². The van der Waals surface area contributed by atoms with E-state index in [1.165, 1.54) is 22.4 Å². The van der Waals surface area contributed by atoms with E-state index in [1.54, 1.807) is 0 Å². The minimum atomic E-state index is 0.426.